The van der Waals surface area contributed by atoms with E-state index in [4.69, 9.17) is 4.74 Å². The lowest BCUT2D eigenvalue weighted by Crippen LogP contribution is -2.06. The van der Waals surface area contributed by atoms with Crippen molar-refractivity contribution in [2.24, 2.45) is 0 Å². The summed E-state index contributed by atoms with van der Waals surface area (Å²) in [5.74, 6) is 1.11. The highest BCUT2D eigenvalue weighted by Crippen LogP contribution is 2.33. The second kappa shape index (κ2) is 5.53. The van der Waals surface area contributed by atoms with E-state index in [1.54, 1.807) is 0 Å². The Balaban J connectivity index is 2.02. The summed E-state index contributed by atoms with van der Waals surface area (Å²) in [6, 6.07) is 8.28. The molecule has 1 aliphatic rings. The molecule has 0 fully saturated rings. The zero-order valence-corrected chi connectivity index (χ0v) is 12.3. The quantitative estimate of drug-likeness (QED) is 0.842. The van der Waals surface area contributed by atoms with Crippen LogP contribution in [0.15, 0.2) is 18.2 Å². The van der Waals surface area contributed by atoms with Crippen LogP contribution in [0.2, 0.25) is 0 Å². The predicted octanol–water partition coefficient (Wildman–Crippen LogP) is 3.64. The van der Waals surface area contributed by atoms with E-state index in [1.807, 2.05) is 26.0 Å². The Morgan fingerprint density at radius 3 is 2.76 bits per heavy atom. The van der Waals surface area contributed by atoms with Crippen LogP contribution in [-0.4, -0.2) is 10.2 Å². The number of hydrogen-bond donors (Lipinski definition) is 0. The van der Waals surface area contributed by atoms with Crippen molar-refractivity contribution in [1.82, 2.24) is 10.2 Å². The molecule has 106 valence electrons. The van der Waals surface area contributed by atoms with Gasteiger partial charge in [0.05, 0.1) is 5.69 Å². The van der Waals surface area contributed by atoms with Gasteiger partial charge in [0, 0.05) is 0 Å². The van der Waals surface area contributed by atoms with Crippen molar-refractivity contribution >= 4 is 0 Å². The van der Waals surface area contributed by atoms with Crippen LogP contribution in [-0.2, 0) is 12.8 Å². The third kappa shape index (κ3) is 2.47. The van der Waals surface area contributed by atoms with E-state index in [0.29, 0.717) is 11.4 Å². The summed E-state index contributed by atoms with van der Waals surface area (Å²) in [4.78, 5) is 0. The Labute approximate surface area is 124 Å². The molecular weight excluding hydrogens is 262 g/mol. The Hall–Kier alpha value is -2.41. The molecule has 0 saturated carbocycles. The highest BCUT2D eigenvalue weighted by Gasteiger charge is 2.17. The summed E-state index contributed by atoms with van der Waals surface area (Å²) in [7, 11) is 0. The number of aryl methyl sites for hydroxylation is 2. The molecule has 0 atom stereocenters. The van der Waals surface area contributed by atoms with Gasteiger partial charge in [0.2, 0.25) is 0 Å². The van der Waals surface area contributed by atoms with E-state index in [1.165, 1.54) is 24.0 Å². The van der Waals surface area contributed by atoms with E-state index in [-0.39, 0.29) is 0 Å². The summed E-state index contributed by atoms with van der Waals surface area (Å²) in [6.07, 6.45) is 4.52. The summed E-state index contributed by atoms with van der Waals surface area (Å²) in [5.41, 5.74) is 4.64. The summed E-state index contributed by atoms with van der Waals surface area (Å²) < 4.78 is 5.94. The van der Waals surface area contributed by atoms with Crippen molar-refractivity contribution in [3.8, 4) is 17.7 Å². The highest BCUT2D eigenvalue weighted by molar-refractivity contribution is 5.49. The van der Waals surface area contributed by atoms with E-state index in [2.05, 4.69) is 22.3 Å². The number of ether oxygens (including phenoxy) is 1. The molecule has 2 aromatic rings. The SMILES string of the molecule is Cc1nnc(Oc2cccc3c2CCCC3)c(C#N)c1C. The van der Waals surface area contributed by atoms with Crippen molar-refractivity contribution < 1.29 is 4.74 Å². The van der Waals surface area contributed by atoms with Crippen LogP contribution < -0.4 is 4.74 Å². The van der Waals surface area contributed by atoms with Crippen molar-refractivity contribution in [2.75, 3.05) is 0 Å². The summed E-state index contributed by atoms with van der Waals surface area (Å²) in [5, 5.41) is 17.5. The largest absolute Gasteiger partial charge is 0.436 e. The zero-order valence-electron chi connectivity index (χ0n) is 12.3. The number of hydrogen-bond acceptors (Lipinski definition) is 4. The van der Waals surface area contributed by atoms with Crippen LogP contribution in [0, 0.1) is 25.2 Å². The zero-order chi connectivity index (χ0) is 14.8. The highest BCUT2D eigenvalue weighted by atomic mass is 16.5. The molecule has 4 heteroatoms. The van der Waals surface area contributed by atoms with Gasteiger partial charge in [-0.3, -0.25) is 0 Å². The van der Waals surface area contributed by atoms with Crippen LogP contribution in [0.5, 0.6) is 11.6 Å². The summed E-state index contributed by atoms with van der Waals surface area (Å²) >= 11 is 0. The normalized spacial score (nSPS) is 13.4. The maximum absolute atomic E-state index is 9.34. The van der Waals surface area contributed by atoms with E-state index < -0.39 is 0 Å². The van der Waals surface area contributed by atoms with E-state index in [0.717, 1.165) is 29.8 Å². The second-order valence-corrected chi connectivity index (χ2v) is 5.41. The van der Waals surface area contributed by atoms with Crippen LogP contribution in [0.4, 0.5) is 0 Å². The molecule has 4 nitrogen and oxygen atoms in total. The lowest BCUT2D eigenvalue weighted by Gasteiger charge is -2.19. The minimum Gasteiger partial charge on any atom is -0.436 e. The maximum atomic E-state index is 9.34. The fraction of sp³-hybridized carbons (Fsp3) is 0.353. The molecule has 0 spiro atoms. The average Bonchev–Trinajstić information content (AvgIpc) is 2.52. The fourth-order valence-corrected chi connectivity index (χ4v) is 2.74. The number of benzene rings is 1. The van der Waals surface area contributed by atoms with Gasteiger partial charge in [0.1, 0.15) is 17.4 Å². The molecule has 1 aromatic heterocycles. The fourth-order valence-electron chi connectivity index (χ4n) is 2.74. The molecule has 0 radical (unpaired) electrons. The van der Waals surface area contributed by atoms with Gasteiger partial charge in [-0.2, -0.15) is 10.4 Å². The maximum Gasteiger partial charge on any atom is 0.257 e. The second-order valence-electron chi connectivity index (χ2n) is 5.41. The minimum absolute atomic E-state index is 0.305. The van der Waals surface area contributed by atoms with E-state index in [9.17, 15) is 5.26 Å². The van der Waals surface area contributed by atoms with Gasteiger partial charge >= 0.3 is 0 Å². The molecule has 0 saturated heterocycles. The molecule has 1 aromatic carbocycles. The summed E-state index contributed by atoms with van der Waals surface area (Å²) in [6.45, 7) is 3.72. The van der Waals surface area contributed by atoms with Gasteiger partial charge in [0.15, 0.2) is 0 Å². The molecule has 0 bridgehead atoms. The molecule has 0 aliphatic heterocycles. The Morgan fingerprint density at radius 1 is 1.14 bits per heavy atom. The van der Waals surface area contributed by atoms with Crippen LogP contribution >= 0.6 is 0 Å². The van der Waals surface area contributed by atoms with Crippen LogP contribution in [0.3, 0.4) is 0 Å². The molecule has 0 amide bonds. The van der Waals surface area contributed by atoms with Gasteiger partial charge in [-0.15, -0.1) is 5.10 Å². The monoisotopic (exact) mass is 279 g/mol. The van der Waals surface area contributed by atoms with E-state index >= 15 is 0 Å². The van der Waals surface area contributed by atoms with Gasteiger partial charge in [0.25, 0.3) is 5.88 Å². The first-order valence-corrected chi connectivity index (χ1v) is 7.23. The van der Waals surface area contributed by atoms with Gasteiger partial charge in [-0.25, -0.2) is 0 Å². The Morgan fingerprint density at radius 2 is 1.95 bits per heavy atom. The predicted molar refractivity (Wildman–Crippen MR) is 79.4 cm³/mol. The smallest absolute Gasteiger partial charge is 0.257 e. The number of fused-ring (bicyclic) bond motifs is 1. The molecule has 1 heterocycles. The first-order valence-electron chi connectivity index (χ1n) is 7.23. The average molecular weight is 279 g/mol. The third-order valence-corrected chi connectivity index (χ3v) is 4.09. The third-order valence-electron chi connectivity index (χ3n) is 4.09. The van der Waals surface area contributed by atoms with Crippen LogP contribution in [0.25, 0.3) is 0 Å². The number of nitriles is 1. The Bertz CT molecular complexity index is 732. The van der Waals surface area contributed by atoms with Crippen molar-refractivity contribution in [3.05, 3.63) is 46.1 Å². The van der Waals surface area contributed by atoms with Gasteiger partial charge in [-0.05, 0) is 62.3 Å². The first kappa shape index (κ1) is 13.6. The van der Waals surface area contributed by atoms with Gasteiger partial charge in [-0.1, -0.05) is 12.1 Å². The van der Waals surface area contributed by atoms with Crippen LogP contribution in [0.1, 0.15) is 40.8 Å². The standard InChI is InChI=1S/C17H17N3O/c1-11-12(2)19-20-17(15(11)10-18)21-16-9-5-7-13-6-3-4-8-14(13)16/h5,7,9H,3-4,6,8H2,1-2H3. The number of nitrogens with zero attached hydrogens (tertiary/aromatic N) is 3. The number of rotatable bonds is 2. The number of aromatic nitrogens is 2. The molecular formula is C17H17N3O. The molecule has 21 heavy (non-hydrogen) atoms. The lowest BCUT2D eigenvalue weighted by molar-refractivity contribution is 0.442. The molecule has 0 N–H and O–H groups in total. The molecule has 0 unspecified atom stereocenters. The van der Waals surface area contributed by atoms with Crippen molar-refractivity contribution in [3.63, 3.8) is 0 Å². The molecule has 3 rings (SSSR count). The minimum atomic E-state index is 0.305. The van der Waals surface area contributed by atoms with Gasteiger partial charge < -0.3 is 4.74 Å². The Kier molecular flexibility index (Phi) is 3.57. The molecule has 1 aliphatic carbocycles. The lowest BCUT2D eigenvalue weighted by atomic mass is 9.91. The first-order chi connectivity index (χ1) is 10.2. The topological polar surface area (TPSA) is 58.8 Å². The van der Waals surface area contributed by atoms with Crippen molar-refractivity contribution in [2.45, 2.75) is 39.5 Å². The van der Waals surface area contributed by atoms with Crippen molar-refractivity contribution in [1.29, 1.82) is 5.26 Å².